The number of carboxylic acids is 1. The van der Waals surface area contributed by atoms with Crippen LogP contribution in [0.15, 0.2) is 67.3 Å². The predicted octanol–water partition coefficient (Wildman–Crippen LogP) is 5.56. The summed E-state index contributed by atoms with van der Waals surface area (Å²) in [6.45, 7) is 1.70. The molecule has 9 nitrogen and oxygen atoms in total. The third-order valence-corrected chi connectivity index (χ3v) is 8.36. The van der Waals surface area contributed by atoms with Crippen molar-refractivity contribution < 1.29 is 32.7 Å². The topological polar surface area (TPSA) is 117 Å². The van der Waals surface area contributed by atoms with Gasteiger partial charge < -0.3 is 19.9 Å². The molecule has 0 unspecified atom stereocenters. The van der Waals surface area contributed by atoms with Crippen LogP contribution in [0.3, 0.4) is 0 Å². The maximum Gasteiger partial charge on any atom is 0.416 e. The van der Waals surface area contributed by atoms with E-state index in [-0.39, 0.29) is 53.1 Å². The number of fused-ring (bicyclic) bond motifs is 3. The number of carbonyl (C=O) groups excluding carboxylic acids is 2. The van der Waals surface area contributed by atoms with Gasteiger partial charge in [0.1, 0.15) is 0 Å². The molecule has 0 spiro atoms. The van der Waals surface area contributed by atoms with Crippen LogP contribution < -0.4 is 5.32 Å². The van der Waals surface area contributed by atoms with E-state index in [4.69, 9.17) is 4.98 Å². The van der Waals surface area contributed by atoms with Gasteiger partial charge in [0.2, 0.25) is 0 Å². The lowest BCUT2D eigenvalue weighted by Gasteiger charge is -2.17. The molecule has 6 rings (SSSR count). The highest BCUT2D eigenvalue weighted by Gasteiger charge is 2.44. The second-order valence-corrected chi connectivity index (χ2v) is 11.2. The van der Waals surface area contributed by atoms with Crippen LogP contribution in [0, 0.1) is 0 Å². The highest BCUT2D eigenvalue weighted by atomic mass is 19.4. The summed E-state index contributed by atoms with van der Waals surface area (Å²) >= 11 is 0. The molecule has 2 aromatic heterocycles. The van der Waals surface area contributed by atoms with E-state index in [9.17, 15) is 32.7 Å². The predicted molar refractivity (Wildman–Crippen MR) is 158 cm³/mol. The van der Waals surface area contributed by atoms with E-state index in [0.29, 0.717) is 54.9 Å². The Hall–Kier alpha value is -5.00. The minimum Gasteiger partial charge on any atom is -0.478 e. The van der Waals surface area contributed by atoms with Gasteiger partial charge >= 0.3 is 12.1 Å². The van der Waals surface area contributed by atoms with Crippen LogP contribution >= 0.6 is 0 Å². The molecule has 0 saturated carbocycles. The van der Waals surface area contributed by atoms with Crippen LogP contribution in [-0.2, 0) is 25.6 Å². The van der Waals surface area contributed by atoms with Crippen molar-refractivity contribution in [1.29, 1.82) is 0 Å². The average molecular weight is 618 g/mol. The number of amides is 2. The van der Waals surface area contributed by atoms with Crippen molar-refractivity contribution in [3.63, 3.8) is 0 Å². The number of nitrogens with zero attached hydrogens (tertiary/aromatic N) is 4. The first-order chi connectivity index (χ1) is 21.6. The molecule has 2 aromatic carbocycles. The molecule has 0 radical (unpaired) electrons. The van der Waals surface area contributed by atoms with Gasteiger partial charge in [0.25, 0.3) is 11.8 Å². The summed E-state index contributed by atoms with van der Waals surface area (Å²) < 4.78 is 41.0. The Bertz CT molecular complexity index is 1740. The molecule has 12 heteroatoms. The number of hydrogen-bond donors (Lipinski definition) is 2. The Morgan fingerprint density at radius 3 is 2.44 bits per heavy atom. The average Bonchev–Trinajstić information content (AvgIpc) is 3.78. The fourth-order valence-corrected chi connectivity index (χ4v) is 6.15. The number of aryl methyl sites for hydroxylation is 3. The Balaban J connectivity index is 1.30. The fourth-order valence-electron chi connectivity index (χ4n) is 6.15. The standard InChI is InChI=1S/C33H30F3N5O4/c34-33(35,36)23-11-4-20(5-12-23)6-13-24-27(32(44)45)26(28-29(39-24)25-3-1-17-41(25)31(28)43)21-7-9-22(10-8-21)30(42)38-14-2-16-40-18-15-37-19-40/h4-5,7-12,15,18-19,25H,1-3,6,13-14,16-17H2,(H,38,42)(H,44,45)/t25-/m0/s1. The molecular formula is C33H30F3N5O4. The van der Waals surface area contributed by atoms with Gasteiger partial charge in [0.05, 0.1) is 40.4 Å². The first-order valence-corrected chi connectivity index (χ1v) is 14.7. The van der Waals surface area contributed by atoms with E-state index in [1.807, 2.05) is 10.8 Å². The molecule has 4 heterocycles. The SMILES string of the molecule is O=C(NCCCn1ccnc1)c1ccc(-c2c(C(=O)O)c(CCc3ccc(C(F)(F)F)cc3)nc3c2C(=O)N2CCC[C@@H]32)cc1. The molecule has 1 fully saturated rings. The normalized spacial score (nSPS) is 15.7. The number of pyridine rings is 1. The molecular weight excluding hydrogens is 587 g/mol. The first kappa shape index (κ1) is 30.0. The van der Waals surface area contributed by atoms with Crippen LogP contribution in [0.5, 0.6) is 0 Å². The number of alkyl halides is 3. The van der Waals surface area contributed by atoms with Gasteiger partial charge in [-0.15, -0.1) is 0 Å². The van der Waals surface area contributed by atoms with Crippen molar-refractivity contribution in [3.05, 3.63) is 106 Å². The molecule has 1 saturated heterocycles. The molecule has 2 amide bonds. The Morgan fingerprint density at radius 1 is 1.02 bits per heavy atom. The lowest BCUT2D eigenvalue weighted by molar-refractivity contribution is -0.137. The lowest BCUT2D eigenvalue weighted by Crippen LogP contribution is -2.25. The van der Waals surface area contributed by atoms with Gasteiger partial charge in [0, 0.05) is 43.2 Å². The number of rotatable bonds is 10. The molecule has 232 valence electrons. The summed E-state index contributed by atoms with van der Waals surface area (Å²) in [5.41, 5.74) is 1.87. The van der Waals surface area contributed by atoms with Crippen molar-refractivity contribution in [2.45, 2.75) is 50.9 Å². The third-order valence-electron chi connectivity index (χ3n) is 8.36. The summed E-state index contributed by atoms with van der Waals surface area (Å²) in [6.07, 6.45) is 3.40. The molecule has 0 bridgehead atoms. The molecule has 2 N–H and O–H groups in total. The lowest BCUT2D eigenvalue weighted by atomic mass is 9.89. The molecule has 4 aromatic rings. The van der Waals surface area contributed by atoms with Crippen molar-refractivity contribution >= 4 is 17.8 Å². The van der Waals surface area contributed by atoms with E-state index in [1.54, 1.807) is 41.7 Å². The van der Waals surface area contributed by atoms with Crippen LogP contribution in [0.4, 0.5) is 13.2 Å². The number of imidazole rings is 1. The van der Waals surface area contributed by atoms with Gasteiger partial charge in [-0.1, -0.05) is 24.3 Å². The summed E-state index contributed by atoms with van der Waals surface area (Å²) in [4.78, 5) is 49.6. The van der Waals surface area contributed by atoms with Gasteiger partial charge in [-0.25, -0.2) is 9.78 Å². The zero-order valence-corrected chi connectivity index (χ0v) is 24.2. The van der Waals surface area contributed by atoms with Crippen LogP contribution in [-0.4, -0.2) is 55.4 Å². The minimum absolute atomic E-state index is 0.119. The molecule has 0 aliphatic carbocycles. The second-order valence-electron chi connectivity index (χ2n) is 11.2. The van der Waals surface area contributed by atoms with Crippen molar-refractivity contribution in [1.82, 2.24) is 24.8 Å². The number of aromatic carboxylic acids is 1. The summed E-state index contributed by atoms with van der Waals surface area (Å²) in [5, 5.41) is 13.3. The second kappa shape index (κ2) is 12.2. The summed E-state index contributed by atoms with van der Waals surface area (Å²) in [7, 11) is 0. The third kappa shape index (κ3) is 6.04. The number of aromatic nitrogens is 3. The van der Waals surface area contributed by atoms with Crippen molar-refractivity contribution in [3.8, 4) is 11.1 Å². The van der Waals surface area contributed by atoms with Crippen LogP contribution in [0.25, 0.3) is 11.1 Å². The zero-order chi connectivity index (χ0) is 31.7. The Morgan fingerprint density at radius 2 is 1.78 bits per heavy atom. The minimum atomic E-state index is -4.46. The number of halogens is 3. The zero-order valence-electron chi connectivity index (χ0n) is 24.2. The van der Waals surface area contributed by atoms with E-state index >= 15 is 0 Å². The number of carbonyl (C=O) groups is 3. The van der Waals surface area contributed by atoms with Gasteiger partial charge in [-0.3, -0.25) is 14.6 Å². The number of nitrogens with one attached hydrogen (secondary N) is 1. The van der Waals surface area contributed by atoms with Crippen LogP contribution in [0.1, 0.15) is 78.9 Å². The van der Waals surface area contributed by atoms with Gasteiger partial charge in [-0.2, -0.15) is 13.2 Å². The summed E-state index contributed by atoms with van der Waals surface area (Å²) in [5.74, 6) is -1.81. The molecule has 45 heavy (non-hydrogen) atoms. The maximum absolute atomic E-state index is 13.6. The van der Waals surface area contributed by atoms with Crippen molar-refractivity contribution in [2.75, 3.05) is 13.1 Å². The number of carboxylic acid groups (broad SMARTS) is 1. The maximum atomic E-state index is 13.6. The number of hydrogen-bond acceptors (Lipinski definition) is 5. The van der Waals surface area contributed by atoms with Crippen LogP contribution in [0.2, 0.25) is 0 Å². The van der Waals surface area contributed by atoms with Gasteiger partial charge in [-0.05, 0) is 67.5 Å². The molecule has 2 aliphatic heterocycles. The fraction of sp³-hybridized carbons (Fsp3) is 0.303. The van der Waals surface area contributed by atoms with Gasteiger partial charge in [0.15, 0.2) is 0 Å². The monoisotopic (exact) mass is 617 g/mol. The Labute approximate surface area is 256 Å². The highest BCUT2D eigenvalue weighted by Crippen LogP contribution is 2.45. The van der Waals surface area contributed by atoms with E-state index in [0.717, 1.165) is 18.6 Å². The smallest absolute Gasteiger partial charge is 0.416 e. The van der Waals surface area contributed by atoms with E-state index in [1.165, 1.54) is 12.1 Å². The molecule has 2 aliphatic rings. The first-order valence-electron chi connectivity index (χ1n) is 14.7. The van der Waals surface area contributed by atoms with E-state index in [2.05, 4.69) is 10.3 Å². The van der Waals surface area contributed by atoms with Crippen molar-refractivity contribution in [2.24, 2.45) is 0 Å². The molecule has 1 atom stereocenters. The number of benzene rings is 2. The largest absolute Gasteiger partial charge is 0.478 e. The summed E-state index contributed by atoms with van der Waals surface area (Å²) in [6, 6.07) is 11.0. The quantitative estimate of drug-likeness (QED) is 0.225. The van der Waals surface area contributed by atoms with E-state index < -0.39 is 17.7 Å². The highest BCUT2D eigenvalue weighted by molar-refractivity contribution is 6.10. The Kier molecular flexibility index (Phi) is 8.13.